The third-order valence-corrected chi connectivity index (χ3v) is 2.62. The van der Waals surface area contributed by atoms with Gasteiger partial charge in [0.1, 0.15) is 0 Å². The summed E-state index contributed by atoms with van der Waals surface area (Å²) in [6.45, 7) is 1.27. The van der Waals surface area contributed by atoms with Gasteiger partial charge in [-0.25, -0.2) is 0 Å². The largest absolute Gasteiger partial charge is 0.392 e. The standard InChI is InChI=1S/C11H15NO/c13-8-9-3-5-10(6-4-9)11-2-1-7-12-11/h3-6,11-13H,1-2,7-8H2/t11-/m0/s1. The fourth-order valence-electron chi connectivity index (χ4n) is 1.82. The summed E-state index contributed by atoms with van der Waals surface area (Å²) in [7, 11) is 0. The van der Waals surface area contributed by atoms with Gasteiger partial charge in [-0.3, -0.25) is 0 Å². The van der Waals surface area contributed by atoms with Crippen molar-refractivity contribution in [1.82, 2.24) is 5.32 Å². The predicted molar refractivity (Wildman–Crippen MR) is 52.3 cm³/mol. The van der Waals surface area contributed by atoms with Crippen molar-refractivity contribution in [2.24, 2.45) is 0 Å². The Bertz CT molecular complexity index is 262. The van der Waals surface area contributed by atoms with Crippen LogP contribution in [0.4, 0.5) is 0 Å². The van der Waals surface area contributed by atoms with Crippen LogP contribution in [0.15, 0.2) is 24.3 Å². The van der Waals surface area contributed by atoms with Crippen molar-refractivity contribution in [3.8, 4) is 0 Å². The summed E-state index contributed by atoms with van der Waals surface area (Å²) in [5, 5.41) is 12.3. The van der Waals surface area contributed by atoms with Gasteiger partial charge < -0.3 is 10.4 Å². The molecule has 1 heterocycles. The Hall–Kier alpha value is -0.860. The van der Waals surface area contributed by atoms with Gasteiger partial charge in [0.25, 0.3) is 0 Å². The van der Waals surface area contributed by atoms with Crippen molar-refractivity contribution in [3.05, 3.63) is 35.4 Å². The van der Waals surface area contributed by atoms with Crippen LogP contribution in [-0.4, -0.2) is 11.7 Å². The molecule has 13 heavy (non-hydrogen) atoms. The summed E-state index contributed by atoms with van der Waals surface area (Å²) in [6, 6.07) is 8.74. The van der Waals surface area contributed by atoms with Gasteiger partial charge in [-0.2, -0.15) is 0 Å². The molecule has 0 unspecified atom stereocenters. The number of rotatable bonds is 2. The lowest BCUT2D eigenvalue weighted by atomic mass is 10.0. The van der Waals surface area contributed by atoms with E-state index in [9.17, 15) is 0 Å². The van der Waals surface area contributed by atoms with Gasteiger partial charge in [-0.15, -0.1) is 0 Å². The highest BCUT2D eigenvalue weighted by Gasteiger charge is 2.15. The number of benzene rings is 1. The van der Waals surface area contributed by atoms with E-state index < -0.39 is 0 Å². The number of hydrogen-bond donors (Lipinski definition) is 2. The van der Waals surface area contributed by atoms with Crippen LogP contribution in [0, 0.1) is 0 Å². The molecule has 0 aromatic heterocycles. The van der Waals surface area contributed by atoms with Crippen LogP contribution in [0.1, 0.15) is 30.0 Å². The number of nitrogens with one attached hydrogen (secondary N) is 1. The molecule has 1 saturated heterocycles. The molecule has 0 amide bonds. The zero-order chi connectivity index (χ0) is 9.10. The average molecular weight is 177 g/mol. The van der Waals surface area contributed by atoms with Gasteiger partial charge in [0.2, 0.25) is 0 Å². The smallest absolute Gasteiger partial charge is 0.0681 e. The molecule has 1 fully saturated rings. The van der Waals surface area contributed by atoms with Crippen LogP contribution in [0.2, 0.25) is 0 Å². The first-order valence-corrected chi connectivity index (χ1v) is 4.83. The van der Waals surface area contributed by atoms with Crippen molar-refractivity contribution in [2.75, 3.05) is 6.54 Å². The molecule has 1 aliphatic heterocycles. The maximum Gasteiger partial charge on any atom is 0.0681 e. The summed E-state index contributed by atoms with van der Waals surface area (Å²) in [6.07, 6.45) is 2.50. The molecular weight excluding hydrogens is 162 g/mol. The lowest BCUT2D eigenvalue weighted by molar-refractivity contribution is 0.282. The van der Waals surface area contributed by atoms with Crippen molar-refractivity contribution < 1.29 is 5.11 Å². The van der Waals surface area contributed by atoms with Crippen LogP contribution in [-0.2, 0) is 6.61 Å². The van der Waals surface area contributed by atoms with Gasteiger partial charge in [0.15, 0.2) is 0 Å². The normalized spacial score (nSPS) is 22.1. The van der Waals surface area contributed by atoms with Gasteiger partial charge in [-0.1, -0.05) is 24.3 Å². The molecule has 1 aromatic rings. The lowest BCUT2D eigenvalue weighted by Gasteiger charge is -2.10. The Morgan fingerprint density at radius 2 is 2.08 bits per heavy atom. The highest BCUT2D eigenvalue weighted by atomic mass is 16.3. The van der Waals surface area contributed by atoms with Gasteiger partial charge in [-0.05, 0) is 30.5 Å². The molecule has 0 bridgehead atoms. The second-order valence-electron chi connectivity index (χ2n) is 3.55. The third-order valence-electron chi connectivity index (χ3n) is 2.62. The average Bonchev–Trinajstić information content (AvgIpc) is 2.71. The number of aliphatic hydroxyl groups excluding tert-OH is 1. The quantitative estimate of drug-likeness (QED) is 0.719. The Morgan fingerprint density at radius 1 is 1.31 bits per heavy atom. The second-order valence-corrected chi connectivity index (χ2v) is 3.55. The summed E-state index contributed by atoms with van der Waals surface area (Å²) >= 11 is 0. The Morgan fingerprint density at radius 3 is 2.62 bits per heavy atom. The zero-order valence-electron chi connectivity index (χ0n) is 7.66. The first-order valence-electron chi connectivity index (χ1n) is 4.83. The van der Waals surface area contributed by atoms with Crippen LogP contribution >= 0.6 is 0 Å². The highest BCUT2D eigenvalue weighted by Crippen LogP contribution is 2.22. The minimum Gasteiger partial charge on any atom is -0.392 e. The van der Waals surface area contributed by atoms with E-state index in [1.54, 1.807) is 0 Å². The number of hydrogen-bond acceptors (Lipinski definition) is 2. The van der Waals surface area contributed by atoms with Crippen LogP contribution in [0.5, 0.6) is 0 Å². The molecule has 70 valence electrons. The van der Waals surface area contributed by atoms with Crippen molar-refractivity contribution in [1.29, 1.82) is 0 Å². The Balaban J connectivity index is 2.12. The van der Waals surface area contributed by atoms with E-state index in [4.69, 9.17) is 5.11 Å². The zero-order valence-corrected chi connectivity index (χ0v) is 7.66. The minimum absolute atomic E-state index is 0.137. The van der Waals surface area contributed by atoms with Crippen molar-refractivity contribution in [2.45, 2.75) is 25.5 Å². The van der Waals surface area contributed by atoms with E-state index in [2.05, 4.69) is 17.4 Å². The molecule has 1 atom stereocenters. The fourth-order valence-corrected chi connectivity index (χ4v) is 1.82. The molecule has 2 N–H and O–H groups in total. The van der Waals surface area contributed by atoms with Crippen molar-refractivity contribution in [3.63, 3.8) is 0 Å². The lowest BCUT2D eigenvalue weighted by Crippen LogP contribution is -2.12. The third kappa shape index (κ3) is 1.90. The molecule has 2 heteroatoms. The fraction of sp³-hybridized carbons (Fsp3) is 0.455. The van der Waals surface area contributed by atoms with E-state index in [0.717, 1.165) is 12.1 Å². The molecule has 1 aromatic carbocycles. The second kappa shape index (κ2) is 3.90. The van der Waals surface area contributed by atoms with Crippen molar-refractivity contribution >= 4 is 0 Å². The molecule has 0 saturated carbocycles. The molecular formula is C11H15NO. The predicted octanol–water partition coefficient (Wildman–Crippen LogP) is 1.60. The monoisotopic (exact) mass is 177 g/mol. The maximum atomic E-state index is 8.88. The van der Waals surface area contributed by atoms with Gasteiger partial charge in [0, 0.05) is 6.04 Å². The number of aliphatic hydroxyl groups is 1. The Kier molecular flexibility index (Phi) is 2.62. The molecule has 0 aliphatic carbocycles. The van der Waals surface area contributed by atoms with Gasteiger partial charge >= 0.3 is 0 Å². The van der Waals surface area contributed by atoms with E-state index in [-0.39, 0.29) is 6.61 Å². The summed E-state index contributed by atoms with van der Waals surface area (Å²) < 4.78 is 0. The molecule has 0 radical (unpaired) electrons. The van der Waals surface area contributed by atoms with E-state index in [1.807, 2.05) is 12.1 Å². The van der Waals surface area contributed by atoms with E-state index in [0.29, 0.717) is 6.04 Å². The summed E-state index contributed by atoms with van der Waals surface area (Å²) in [5.74, 6) is 0. The molecule has 2 nitrogen and oxygen atoms in total. The first kappa shape index (κ1) is 8.73. The van der Waals surface area contributed by atoms with Crippen LogP contribution in [0.25, 0.3) is 0 Å². The Labute approximate surface area is 78.6 Å². The topological polar surface area (TPSA) is 32.3 Å². The molecule has 0 spiro atoms. The first-order chi connectivity index (χ1) is 6.40. The SMILES string of the molecule is OCc1ccc([C@@H]2CCCN2)cc1. The van der Waals surface area contributed by atoms with Crippen LogP contribution < -0.4 is 5.32 Å². The van der Waals surface area contributed by atoms with Gasteiger partial charge in [0.05, 0.1) is 6.61 Å². The highest BCUT2D eigenvalue weighted by molar-refractivity contribution is 5.25. The summed E-state index contributed by atoms with van der Waals surface area (Å²) in [5.41, 5.74) is 2.33. The van der Waals surface area contributed by atoms with E-state index in [1.165, 1.54) is 18.4 Å². The molecule has 1 aliphatic rings. The maximum absolute atomic E-state index is 8.88. The minimum atomic E-state index is 0.137. The van der Waals surface area contributed by atoms with Crippen LogP contribution in [0.3, 0.4) is 0 Å². The molecule has 2 rings (SSSR count). The summed E-state index contributed by atoms with van der Waals surface area (Å²) in [4.78, 5) is 0. The van der Waals surface area contributed by atoms with E-state index >= 15 is 0 Å².